The molecule has 4 heterocycles. The van der Waals surface area contributed by atoms with Gasteiger partial charge in [-0.2, -0.15) is 4.58 Å². The molecular formula is C72H77N8O8+3. The molecule has 0 spiro atoms. The summed E-state index contributed by atoms with van der Waals surface area (Å²) in [7, 11) is 10.5. The van der Waals surface area contributed by atoms with Crippen LogP contribution in [0.2, 0.25) is 0 Å². The van der Waals surface area contributed by atoms with Crippen LogP contribution in [0.1, 0.15) is 55.1 Å². The Labute approximate surface area is 513 Å². The number of carboxylic acids is 1. The zero-order valence-corrected chi connectivity index (χ0v) is 51.5. The van der Waals surface area contributed by atoms with Gasteiger partial charge in [0.1, 0.15) is 47.0 Å². The molecule has 3 aromatic heterocycles. The Balaban J connectivity index is 1.12. The molecule has 0 atom stereocenters. The number of rotatable bonds is 28. The molecule has 10 aromatic rings. The molecule has 0 saturated heterocycles. The fourth-order valence-corrected chi connectivity index (χ4v) is 12.0. The third-order valence-electron chi connectivity index (χ3n) is 16.4. The van der Waals surface area contributed by atoms with Crippen molar-refractivity contribution in [1.82, 2.24) is 24.4 Å². The molecule has 0 amide bonds. The van der Waals surface area contributed by atoms with Gasteiger partial charge in [-0.1, -0.05) is 120 Å². The second-order valence-electron chi connectivity index (χ2n) is 22.2. The Kier molecular flexibility index (Phi) is 19.2. The van der Waals surface area contributed by atoms with E-state index in [4.69, 9.17) is 38.8 Å². The van der Waals surface area contributed by atoms with Crippen LogP contribution in [0.5, 0.6) is 0 Å². The zero-order chi connectivity index (χ0) is 61.3. The summed E-state index contributed by atoms with van der Waals surface area (Å²) >= 11 is 0. The van der Waals surface area contributed by atoms with E-state index < -0.39 is 5.97 Å². The Hall–Kier alpha value is -9.00. The van der Waals surface area contributed by atoms with Crippen molar-refractivity contribution in [1.29, 1.82) is 0 Å². The smallest absolute Gasteiger partial charge is 0.335 e. The number of carbonyl (C=O) groups is 1. The van der Waals surface area contributed by atoms with Crippen molar-refractivity contribution in [3.8, 4) is 22.3 Å². The van der Waals surface area contributed by atoms with E-state index in [2.05, 4.69) is 169 Å². The first-order valence-corrected chi connectivity index (χ1v) is 29.8. The zero-order valence-electron chi connectivity index (χ0n) is 51.5. The molecule has 0 bridgehead atoms. The summed E-state index contributed by atoms with van der Waals surface area (Å²) in [5.74, 6) is -1.05. The van der Waals surface area contributed by atoms with Crippen molar-refractivity contribution in [2.45, 2.75) is 46.7 Å². The minimum Gasteiger partial charge on any atom is -0.478 e. The van der Waals surface area contributed by atoms with Crippen LogP contribution in [0.25, 0.3) is 66.4 Å². The fourth-order valence-electron chi connectivity index (χ4n) is 12.0. The van der Waals surface area contributed by atoms with Gasteiger partial charge in [0.15, 0.2) is 30.3 Å². The quantitative estimate of drug-likeness (QED) is 0.0286. The second kappa shape index (κ2) is 27.8. The topological polar surface area (TPSA) is 144 Å². The lowest BCUT2D eigenvalue weighted by molar-refractivity contribution is -0.740. The van der Waals surface area contributed by atoms with Crippen molar-refractivity contribution in [3.63, 3.8) is 0 Å². The number of allylic oxidation sites excluding steroid dienone is 6. The molecule has 0 unspecified atom stereocenters. The number of aryl methyl sites for hydroxylation is 4. The van der Waals surface area contributed by atoms with Gasteiger partial charge in [0.2, 0.25) is 11.4 Å². The highest BCUT2D eigenvalue weighted by molar-refractivity contribution is 6.22. The van der Waals surface area contributed by atoms with Crippen molar-refractivity contribution >= 4 is 61.5 Å². The van der Waals surface area contributed by atoms with Crippen LogP contribution in [0, 0.1) is 13.8 Å². The summed E-state index contributed by atoms with van der Waals surface area (Å²) in [5, 5.41) is 27.6. The number of methoxy groups -OCH3 is 4. The van der Waals surface area contributed by atoms with E-state index in [-0.39, 0.29) is 18.7 Å². The van der Waals surface area contributed by atoms with Crippen molar-refractivity contribution < 1.29 is 52.3 Å². The molecule has 0 aliphatic carbocycles. The van der Waals surface area contributed by atoms with E-state index >= 15 is 0 Å². The summed E-state index contributed by atoms with van der Waals surface area (Å²) in [6, 6.07) is 43.1. The van der Waals surface area contributed by atoms with Crippen molar-refractivity contribution in [2.75, 3.05) is 74.6 Å². The monoisotopic (exact) mass is 1180 g/mol. The number of nitrogens with zero attached hydrogens (tertiary/aromatic N) is 8. The average Bonchev–Trinajstić information content (AvgIpc) is 1.82. The highest BCUT2D eigenvalue weighted by Gasteiger charge is 2.32. The summed E-state index contributed by atoms with van der Waals surface area (Å²) in [5.41, 5.74) is 16.4. The fraction of sp³-hybridized carbons (Fsp3) is 0.278. The Morgan fingerprint density at radius 3 is 1.74 bits per heavy atom. The predicted molar refractivity (Wildman–Crippen MR) is 344 cm³/mol. The average molecular weight is 1180 g/mol. The standard InChI is InChI=1S/C72H76N8O8/c1-49-21-25-51(26-22-49)59-29-31-67-70-61(59)15-11-17-63(70)65(79(67)33-35-83-5)19-9-13-53(14-10-20-66-64-18-12-16-62-60(52-27-23-50(2)24-28-52)30-32-68(71(62)64)80(66)34-36-84-6)69-55(43-77-45-57(75(3)73-77)47-87-39-37-85-7)41-54(72(81)82)42-56(69)44-78-46-58(76(4)74-78)48-88-40-38-86-8/h9-32,41-42,45-46H,33-40,43-44,47-48H2,1-8H3/q+2/p+1. The third kappa shape index (κ3) is 13.0. The molecule has 16 heteroatoms. The largest absolute Gasteiger partial charge is 0.478 e. The van der Waals surface area contributed by atoms with Crippen LogP contribution >= 0.6 is 0 Å². The minimum absolute atomic E-state index is 0.135. The van der Waals surface area contributed by atoms with Gasteiger partial charge in [-0.25, -0.2) is 4.79 Å². The maximum Gasteiger partial charge on any atom is 0.335 e. The Bertz CT molecular complexity index is 4280. The minimum atomic E-state index is -1.05. The predicted octanol–water partition coefficient (Wildman–Crippen LogP) is 10.2. The van der Waals surface area contributed by atoms with Crippen LogP contribution in [0.4, 0.5) is 5.69 Å². The van der Waals surface area contributed by atoms with E-state index in [0.29, 0.717) is 65.9 Å². The van der Waals surface area contributed by atoms with Gasteiger partial charge in [0.25, 0.3) is 0 Å². The van der Waals surface area contributed by atoms with E-state index in [1.54, 1.807) is 49.9 Å². The van der Waals surface area contributed by atoms with Gasteiger partial charge in [0, 0.05) is 79.9 Å². The van der Waals surface area contributed by atoms with E-state index in [1.807, 2.05) is 35.9 Å². The van der Waals surface area contributed by atoms with E-state index in [9.17, 15) is 9.90 Å². The molecule has 1 N–H and O–H groups in total. The van der Waals surface area contributed by atoms with Gasteiger partial charge >= 0.3 is 5.97 Å². The number of carboxylic acid groups (broad SMARTS) is 1. The number of benzene rings is 7. The first-order valence-electron chi connectivity index (χ1n) is 29.8. The van der Waals surface area contributed by atoms with Gasteiger partial charge in [0.05, 0.1) is 60.0 Å². The van der Waals surface area contributed by atoms with Gasteiger partial charge in [-0.3, -0.25) is 0 Å². The SMILES string of the molecule is COCCOCc1cn(Cc2cc(C(=O)O)cc(Cn3cc(COCCOC)[n+](C)n3)c2C(=C\C=C\C2=[N+](CCOC)c3ccc(-c4ccc(C)cc4)c4cccc2c34)/C=C/C=c2\c3cccc4c(-c5ccc(C)cc5)ccc(c43)n2CCOC)n[n+]1C. The lowest BCUT2D eigenvalue weighted by Crippen LogP contribution is -2.36. The van der Waals surface area contributed by atoms with Crippen LogP contribution in [-0.4, -0.2) is 120 Å². The van der Waals surface area contributed by atoms with Crippen molar-refractivity contribution in [3.05, 3.63) is 220 Å². The molecule has 1 aliphatic rings. The lowest BCUT2D eigenvalue weighted by atomic mass is 9.90. The first-order chi connectivity index (χ1) is 43.0. The normalized spacial score (nSPS) is 13.0. The van der Waals surface area contributed by atoms with Crippen LogP contribution in [0.15, 0.2) is 164 Å². The second-order valence-corrected chi connectivity index (χ2v) is 22.2. The molecule has 0 radical (unpaired) electrons. The van der Waals surface area contributed by atoms with Crippen LogP contribution in [0.3, 0.4) is 0 Å². The van der Waals surface area contributed by atoms with Gasteiger partial charge in [-0.05, 0) is 94.4 Å². The van der Waals surface area contributed by atoms with Crippen LogP contribution in [-0.2, 0) is 75.4 Å². The number of ether oxygens (including phenoxy) is 6. The molecule has 1 aliphatic heterocycles. The molecule has 0 saturated carbocycles. The number of aromatic carboxylic acids is 1. The summed E-state index contributed by atoms with van der Waals surface area (Å²) in [4.78, 5) is 13.4. The molecule has 16 nitrogen and oxygen atoms in total. The van der Waals surface area contributed by atoms with E-state index in [1.165, 1.54) is 43.8 Å². The van der Waals surface area contributed by atoms with Gasteiger partial charge in [-0.15, -0.1) is 18.7 Å². The lowest BCUT2D eigenvalue weighted by Gasteiger charge is -2.15. The van der Waals surface area contributed by atoms with Gasteiger partial charge < -0.3 is 38.1 Å². The number of hydrogen-bond donors (Lipinski definition) is 1. The summed E-state index contributed by atoms with van der Waals surface area (Å²) < 4.78 is 45.9. The first kappa shape index (κ1) is 60.7. The van der Waals surface area contributed by atoms with Crippen molar-refractivity contribution in [2.24, 2.45) is 14.1 Å². The molecule has 88 heavy (non-hydrogen) atoms. The molecule has 0 fully saturated rings. The Morgan fingerprint density at radius 1 is 0.602 bits per heavy atom. The molecular weight excluding hydrogens is 1100 g/mol. The molecule has 11 rings (SSSR count). The van der Waals surface area contributed by atoms with E-state index in [0.717, 1.165) is 78.0 Å². The summed E-state index contributed by atoms with van der Waals surface area (Å²) in [6.07, 6.45) is 16.8. The Morgan fingerprint density at radius 2 is 1.16 bits per heavy atom. The maximum atomic E-state index is 13.4. The highest BCUT2D eigenvalue weighted by atomic mass is 16.5. The maximum absolute atomic E-state index is 13.4. The number of aromatic nitrogens is 7. The third-order valence-corrected chi connectivity index (χ3v) is 16.4. The molecule has 7 aromatic carbocycles. The highest BCUT2D eigenvalue weighted by Crippen LogP contribution is 2.41. The summed E-state index contributed by atoms with van der Waals surface area (Å²) in [6.45, 7) is 9.34. The molecule has 450 valence electrons. The van der Waals surface area contributed by atoms with Crippen LogP contribution < -0.4 is 14.7 Å². The number of hydrogen-bond acceptors (Lipinski definition) is 9.